The molecule has 1 unspecified atom stereocenters. The van der Waals surface area contributed by atoms with E-state index in [-0.39, 0.29) is 46.5 Å². The van der Waals surface area contributed by atoms with Crippen molar-refractivity contribution in [3.63, 3.8) is 0 Å². The number of carboxylic acid groups (broad SMARTS) is 1. The average molecular weight is 321 g/mol. The molecule has 3 aliphatic heterocycles. The fourth-order valence-electron chi connectivity index (χ4n) is 2.99. The molecule has 3 aliphatic rings. The number of nitrogens with zero attached hydrogens (tertiary/aromatic N) is 1. The average Bonchev–Trinajstić information content (AvgIpc) is 2.95. The summed E-state index contributed by atoms with van der Waals surface area (Å²) in [5, 5.41) is 20.7. The number of carbonyl (C=O) groups excluding carboxylic acids is 2. The Morgan fingerprint density at radius 1 is 1.62 bits per heavy atom. The van der Waals surface area contributed by atoms with E-state index >= 15 is 0 Å². The van der Waals surface area contributed by atoms with Crippen molar-refractivity contribution in [2.75, 3.05) is 13.2 Å². The monoisotopic (exact) mass is 321 g/mol. The van der Waals surface area contributed by atoms with Crippen molar-refractivity contribution in [2.45, 2.75) is 31.2 Å². The van der Waals surface area contributed by atoms with Gasteiger partial charge < -0.3 is 19.7 Å². The van der Waals surface area contributed by atoms with Gasteiger partial charge in [-0.1, -0.05) is 0 Å². The maximum absolute atomic E-state index is 12.0. The number of amides is 1. The molecule has 0 aromatic carbocycles. The fraction of sp³-hybridized carbons (Fsp3) is 0.692. The minimum Gasteiger partial charge on any atom is -0.543 e. The molecule has 1 amide bonds. The van der Waals surface area contributed by atoms with Gasteiger partial charge in [-0.05, 0) is 25.7 Å². The predicted molar refractivity (Wildman–Crippen MR) is 69.0 cm³/mol. The summed E-state index contributed by atoms with van der Waals surface area (Å²) in [7, 11) is 0. The largest absolute Gasteiger partial charge is 1.00 e. The van der Waals surface area contributed by atoms with Crippen molar-refractivity contribution < 1.29 is 54.1 Å². The van der Waals surface area contributed by atoms with Gasteiger partial charge in [0, 0.05) is 18.1 Å². The summed E-state index contributed by atoms with van der Waals surface area (Å²) in [6.07, 6.45) is 0.734. The second-order valence-electron chi connectivity index (χ2n) is 5.48. The molecule has 1 N–H and O–H groups in total. The Morgan fingerprint density at radius 3 is 2.86 bits per heavy atom. The zero-order valence-electron chi connectivity index (χ0n) is 12.1. The van der Waals surface area contributed by atoms with E-state index in [4.69, 9.17) is 4.74 Å². The SMILES string of the molecule is C[C@@H](O)[C@H]1C(=O)N2C(C(=O)[O-])=C(CC3CCOC3)S[C@H]12.[Na+]. The predicted octanol–water partition coefficient (Wildman–Crippen LogP) is -3.71. The quantitative estimate of drug-likeness (QED) is 0.423. The molecule has 110 valence electrons. The maximum atomic E-state index is 12.0. The second-order valence-corrected chi connectivity index (χ2v) is 6.69. The molecule has 0 spiro atoms. The van der Waals surface area contributed by atoms with Crippen LogP contribution in [0.4, 0.5) is 0 Å². The van der Waals surface area contributed by atoms with Crippen LogP contribution in [0.2, 0.25) is 0 Å². The summed E-state index contributed by atoms with van der Waals surface area (Å²) in [6.45, 7) is 2.89. The van der Waals surface area contributed by atoms with Crippen LogP contribution in [0.25, 0.3) is 0 Å². The Balaban J connectivity index is 0.00000161. The molecule has 21 heavy (non-hydrogen) atoms. The molecule has 0 bridgehead atoms. The van der Waals surface area contributed by atoms with E-state index in [0.29, 0.717) is 30.5 Å². The van der Waals surface area contributed by atoms with E-state index in [1.165, 1.54) is 16.7 Å². The first-order valence-electron chi connectivity index (χ1n) is 6.70. The van der Waals surface area contributed by atoms with Crippen molar-refractivity contribution in [1.82, 2.24) is 4.90 Å². The van der Waals surface area contributed by atoms with Crippen molar-refractivity contribution in [1.29, 1.82) is 0 Å². The van der Waals surface area contributed by atoms with Crippen LogP contribution in [-0.4, -0.2) is 46.6 Å². The number of fused-ring (bicyclic) bond motifs is 1. The van der Waals surface area contributed by atoms with E-state index in [1.807, 2.05) is 0 Å². The Hall–Kier alpha value is -0.0500. The van der Waals surface area contributed by atoms with Crippen molar-refractivity contribution >= 4 is 23.6 Å². The number of aliphatic carboxylic acids is 1. The first kappa shape index (κ1) is 17.3. The third kappa shape index (κ3) is 2.92. The van der Waals surface area contributed by atoms with Gasteiger partial charge in [0.25, 0.3) is 0 Å². The van der Waals surface area contributed by atoms with Gasteiger partial charge in [-0.3, -0.25) is 9.69 Å². The Labute approximate surface area is 149 Å². The molecule has 2 fully saturated rings. The van der Waals surface area contributed by atoms with Gasteiger partial charge in [0.05, 0.1) is 23.7 Å². The van der Waals surface area contributed by atoms with Crippen LogP contribution < -0.4 is 34.7 Å². The van der Waals surface area contributed by atoms with Crippen LogP contribution in [-0.2, 0) is 14.3 Å². The first-order chi connectivity index (χ1) is 9.50. The summed E-state index contributed by atoms with van der Waals surface area (Å²) < 4.78 is 5.30. The van der Waals surface area contributed by atoms with Crippen molar-refractivity contribution in [3.05, 3.63) is 10.6 Å². The molecule has 3 heterocycles. The van der Waals surface area contributed by atoms with Crippen LogP contribution in [0.5, 0.6) is 0 Å². The second kappa shape index (κ2) is 6.60. The molecule has 3 rings (SSSR count). The van der Waals surface area contributed by atoms with E-state index < -0.39 is 18.0 Å². The van der Waals surface area contributed by atoms with Crippen molar-refractivity contribution in [3.8, 4) is 0 Å². The molecule has 6 nitrogen and oxygen atoms in total. The fourth-order valence-corrected chi connectivity index (χ4v) is 4.72. The number of aliphatic hydroxyl groups is 1. The molecule has 0 saturated carbocycles. The van der Waals surface area contributed by atoms with Gasteiger partial charge in [0.2, 0.25) is 5.91 Å². The molecular weight excluding hydrogens is 305 g/mol. The van der Waals surface area contributed by atoms with Gasteiger partial charge in [0.1, 0.15) is 5.37 Å². The van der Waals surface area contributed by atoms with Gasteiger partial charge >= 0.3 is 29.6 Å². The molecule has 2 saturated heterocycles. The number of thioether (sulfide) groups is 1. The number of aliphatic hydroxyl groups excluding tert-OH is 1. The molecule has 0 aromatic heterocycles. The van der Waals surface area contributed by atoms with Crippen LogP contribution in [0.15, 0.2) is 10.6 Å². The van der Waals surface area contributed by atoms with Gasteiger partial charge in [0.15, 0.2) is 0 Å². The van der Waals surface area contributed by atoms with Crippen LogP contribution in [0.3, 0.4) is 0 Å². The summed E-state index contributed by atoms with van der Waals surface area (Å²) in [6, 6.07) is 0. The number of allylic oxidation sites excluding steroid dienone is 1. The summed E-state index contributed by atoms with van der Waals surface area (Å²) in [5.41, 5.74) is -0.00574. The molecule has 0 radical (unpaired) electrons. The number of carboxylic acids is 1. The number of hydrogen-bond acceptors (Lipinski definition) is 6. The molecule has 0 aromatic rings. The third-order valence-corrected chi connectivity index (χ3v) is 5.45. The Morgan fingerprint density at radius 2 is 2.33 bits per heavy atom. The standard InChI is InChI=1S/C13H17NO5S.Na/c1-6(15)9-11(16)14-10(13(17)18)8(20-12(9)14)4-7-2-3-19-5-7;/h6-7,9,12,15H,2-5H2,1H3,(H,17,18);/q;+1/p-1/t6-,7?,9+,12-;/m1./s1. The topological polar surface area (TPSA) is 89.9 Å². The zero-order chi connectivity index (χ0) is 14.4. The maximum Gasteiger partial charge on any atom is 1.00 e. The smallest absolute Gasteiger partial charge is 0.543 e. The number of ether oxygens (including phenoxy) is 1. The van der Waals surface area contributed by atoms with Crippen molar-refractivity contribution in [2.24, 2.45) is 11.8 Å². The Kier molecular flexibility index (Phi) is 5.44. The third-order valence-electron chi connectivity index (χ3n) is 4.06. The van der Waals surface area contributed by atoms with Gasteiger partial charge in [-0.25, -0.2) is 0 Å². The molecule has 0 aliphatic carbocycles. The molecule has 8 heteroatoms. The van der Waals surface area contributed by atoms with E-state index in [1.54, 1.807) is 6.92 Å². The van der Waals surface area contributed by atoms with Crippen LogP contribution >= 0.6 is 11.8 Å². The normalized spacial score (nSPS) is 32.6. The minimum absolute atomic E-state index is 0. The first-order valence-corrected chi connectivity index (χ1v) is 7.58. The number of rotatable bonds is 4. The van der Waals surface area contributed by atoms with Gasteiger partial charge in [-0.15, -0.1) is 11.8 Å². The number of carbonyl (C=O) groups is 2. The Bertz CT molecular complexity index is 489. The molecule has 4 atom stereocenters. The van der Waals surface area contributed by atoms with Crippen LogP contribution in [0.1, 0.15) is 19.8 Å². The van der Waals surface area contributed by atoms with E-state index in [0.717, 1.165) is 6.42 Å². The number of β-lactam (4-membered cyclic amide) rings is 1. The van der Waals surface area contributed by atoms with Crippen LogP contribution in [0, 0.1) is 11.8 Å². The van der Waals surface area contributed by atoms with E-state index in [9.17, 15) is 19.8 Å². The zero-order valence-corrected chi connectivity index (χ0v) is 14.9. The summed E-state index contributed by atoms with van der Waals surface area (Å²) in [5.74, 6) is -1.86. The molecular formula is C13H16NNaO5S. The summed E-state index contributed by atoms with van der Waals surface area (Å²) >= 11 is 1.37. The summed E-state index contributed by atoms with van der Waals surface area (Å²) in [4.78, 5) is 25.3. The minimum atomic E-state index is -1.31. The van der Waals surface area contributed by atoms with Gasteiger partial charge in [-0.2, -0.15) is 0 Å². The number of hydrogen-bond donors (Lipinski definition) is 1. The van der Waals surface area contributed by atoms with E-state index in [2.05, 4.69) is 0 Å².